The fraction of sp³-hybridized carbons (Fsp3) is 0.417. The lowest BCUT2D eigenvalue weighted by Gasteiger charge is -2.28. The summed E-state index contributed by atoms with van der Waals surface area (Å²) in [4.78, 5) is 28.5. The van der Waals surface area contributed by atoms with E-state index in [4.69, 9.17) is 0 Å². The summed E-state index contributed by atoms with van der Waals surface area (Å²) in [6.45, 7) is 6.20. The van der Waals surface area contributed by atoms with E-state index in [1.807, 2.05) is 36.4 Å². The number of anilines is 3. The van der Waals surface area contributed by atoms with Gasteiger partial charge in [-0.15, -0.1) is 0 Å². The average molecular weight is 394 g/mol. The summed E-state index contributed by atoms with van der Waals surface area (Å²) in [5.41, 5.74) is 4.05. The summed E-state index contributed by atoms with van der Waals surface area (Å²) in [7, 11) is 0. The van der Waals surface area contributed by atoms with Gasteiger partial charge in [0.1, 0.15) is 0 Å². The van der Waals surface area contributed by atoms with Crippen molar-refractivity contribution in [2.75, 3.05) is 34.8 Å². The molecule has 154 valence electrons. The molecule has 1 saturated heterocycles. The monoisotopic (exact) mass is 393 g/mol. The van der Waals surface area contributed by atoms with Crippen LogP contribution in [0.25, 0.3) is 0 Å². The maximum atomic E-state index is 12.4. The number of aryl methyl sites for hydroxylation is 1. The van der Waals surface area contributed by atoms with E-state index in [0.29, 0.717) is 6.54 Å². The van der Waals surface area contributed by atoms with Crippen LogP contribution in [0.4, 0.5) is 17.1 Å². The third-order valence-corrected chi connectivity index (χ3v) is 5.47. The molecule has 1 N–H and O–H groups in total. The number of rotatable bonds is 7. The molecule has 1 heterocycles. The molecule has 0 unspecified atom stereocenters. The molecule has 0 atom stereocenters. The van der Waals surface area contributed by atoms with Gasteiger partial charge in [0.2, 0.25) is 11.8 Å². The number of carbonyl (C=O) groups excluding carboxylic acids is 2. The third-order valence-electron chi connectivity index (χ3n) is 5.47. The minimum atomic E-state index is -0.0906. The molecule has 0 aliphatic carbocycles. The van der Waals surface area contributed by atoms with Crippen LogP contribution in [0, 0.1) is 0 Å². The molecule has 1 fully saturated rings. The number of hydrogen-bond donors (Lipinski definition) is 1. The Morgan fingerprint density at radius 3 is 2.21 bits per heavy atom. The van der Waals surface area contributed by atoms with E-state index in [1.54, 1.807) is 4.90 Å². The first-order valence-corrected chi connectivity index (χ1v) is 10.6. The van der Waals surface area contributed by atoms with Gasteiger partial charge in [0, 0.05) is 50.0 Å². The third kappa shape index (κ3) is 5.83. The molecule has 1 aliphatic heterocycles. The largest absolute Gasteiger partial charge is 0.372 e. The minimum Gasteiger partial charge on any atom is -0.372 e. The number of amides is 2. The minimum absolute atomic E-state index is 0.0621. The number of carbonyl (C=O) groups is 2. The molecule has 3 rings (SSSR count). The Bertz CT molecular complexity index is 809. The number of hydrogen-bond acceptors (Lipinski definition) is 3. The molecule has 0 bridgehead atoms. The van der Waals surface area contributed by atoms with Crippen molar-refractivity contribution in [3.63, 3.8) is 0 Å². The zero-order valence-corrected chi connectivity index (χ0v) is 17.5. The van der Waals surface area contributed by atoms with E-state index in [1.165, 1.54) is 37.4 Å². The standard InChI is InChI=1S/C24H31N3O2/c1-3-20-7-11-23(12-8-20)27(19(2)28)18-15-24(29)25-21-9-13-22(14-10-21)26-16-5-4-6-17-26/h7-14H,3-6,15-18H2,1-2H3,(H,25,29). The van der Waals surface area contributed by atoms with Crippen LogP contribution in [-0.2, 0) is 16.0 Å². The van der Waals surface area contributed by atoms with Crippen LogP contribution in [0.2, 0.25) is 0 Å². The maximum absolute atomic E-state index is 12.4. The fourth-order valence-corrected chi connectivity index (χ4v) is 3.72. The van der Waals surface area contributed by atoms with Gasteiger partial charge < -0.3 is 15.1 Å². The van der Waals surface area contributed by atoms with Crippen molar-refractivity contribution in [2.24, 2.45) is 0 Å². The molecule has 29 heavy (non-hydrogen) atoms. The van der Waals surface area contributed by atoms with Gasteiger partial charge in [-0.2, -0.15) is 0 Å². The summed E-state index contributed by atoms with van der Waals surface area (Å²) in [5.74, 6) is -0.153. The predicted molar refractivity (Wildman–Crippen MR) is 120 cm³/mol. The van der Waals surface area contributed by atoms with Crippen LogP contribution in [-0.4, -0.2) is 31.4 Å². The molecule has 5 nitrogen and oxygen atoms in total. The van der Waals surface area contributed by atoms with E-state index in [0.717, 1.165) is 30.9 Å². The Hall–Kier alpha value is -2.82. The van der Waals surface area contributed by atoms with Crippen molar-refractivity contribution >= 4 is 28.9 Å². The molecule has 0 spiro atoms. The summed E-state index contributed by atoms with van der Waals surface area (Å²) >= 11 is 0. The van der Waals surface area contributed by atoms with Gasteiger partial charge in [-0.05, 0) is 67.6 Å². The molecule has 2 amide bonds. The van der Waals surface area contributed by atoms with E-state index in [9.17, 15) is 9.59 Å². The zero-order chi connectivity index (χ0) is 20.6. The van der Waals surface area contributed by atoms with Gasteiger partial charge >= 0.3 is 0 Å². The summed E-state index contributed by atoms with van der Waals surface area (Å²) in [5, 5.41) is 2.94. The van der Waals surface area contributed by atoms with Crippen molar-refractivity contribution in [1.82, 2.24) is 0 Å². The second-order valence-corrected chi connectivity index (χ2v) is 7.58. The second-order valence-electron chi connectivity index (χ2n) is 7.58. The van der Waals surface area contributed by atoms with Crippen molar-refractivity contribution in [3.8, 4) is 0 Å². The maximum Gasteiger partial charge on any atom is 0.226 e. The SMILES string of the molecule is CCc1ccc(N(CCC(=O)Nc2ccc(N3CCCCC3)cc2)C(C)=O)cc1. The van der Waals surface area contributed by atoms with Gasteiger partial charge in [0.15, 0.2) is 0 Å². The van der Waals surface area contributed by atoms with Crippen LogP contribution in [0.15, 0.2) is 48.5 Å². The molecule has 2 aromatic rings. The summed E-state index contributed by atoms with van der Waals surface area (Å²) < 4.78 is 0. The highest BCUT2D eigenvalue weighted by Gasteiger charge is 2.14. The Morgan fingerprint density at radius 2 is 1.62 bits per heavy atom. The van der Waals surface area contributed by atoms with Crippen molar-refractivity contribution in [3.05, 3.63) is 54.1 Å². The Kier molecular flexibility index (Phi) is 7.28. The lowest BCUT2D eigenvalue weighted by atomic mass is 10.1. The Morgan fingerprint density at radius 1 is 0.966 bits per heavy atom. The zero-order valence-electron chi connectivity index (χ0n) is 17.5. The highest BCUT2D eigenvalue weighted by molar-refractivity contribution is 5.94. The second kappa shape index (κ2) is 10.1. The first kappa shape index (κ1) is 20.9. The van der Waals surface area contributed by atoms with Crippen molar-refractivity contribution < 1.29 is 9.59 Å². The summed E-state index contributed by atoms with van der Waals surface area (Å²) in [6, 6.07) is 16.0. The molecule has 1 aliphatic rings. The number of benzene rings is 2. The Balaban J connectivity index is 1.54. The van der Waals surface area contributed by atoms with Crippen LogP contribution in [0.5, 0.6) is 0 Å². The molecule has 0 saturated carbocycles. The smallest absolute Gasteiger partial charge is 0.226 e. The number of nitrogens with zero attached hydrogens (tertiary/aromatic N) is 2. The molecule has 5 heteroatoms. The first-order chi connectivity index (χ1) is 14.1. The van der Waals surface area contributed by atoms with Gasteiger partial charge in [-0.1, -0.05) is 19.1 Å². The van der Waals surface area contributed by atoms with E-state index >= 15 is 0 Å². The average Bonchev–Trinajstić information content (AvgIpc) is 2.75. The molecular weight excluding hydrogens is 362 g/mol. The lowest BCUT2D eigenvalue weighted by Crippen LogP contribution is -2.32. The Labute approximate surface area is 173 Å². The normalized spacial score (nSPS) is 13.8. The van der Waals surface area contributed by atoms with Crippen molar-refractivity contribution in [1.29, 1.82) is 0 Å². The van der Waals surface area contributed by atoms with Crippen molar-refractivity contribution in [2.45, 2.75) is 46.0 Å². The molecule has 0 aromatic heterocycles. The molecule has 2 aromatic carbocycles. The number of piperidine rings is 1. The van der Waals surface area contributed by atoms with E-state index in [2.05, 4.69) is 29.3 Å². The fourth-order valence-electron chi connectivity index (χ4n) is 3.72. The quantitative estimate of drug-likeness (QED) is 0.747. The number of nitrogens with one attached hydrogen (secondary N) is 1. The highest BCUT2D eigenvalue weighted by atomic mass is 16.2. The van der Waals surface area contributed by atoms with Gasteiger partial charge in [0.05, 0.1) is 0 Å². The van der Waals surface area contributed by atoms with E-state index in [-0.39, 0.29) is 18.2 Å². The van der Waals surface area contributed by atoms with Crippen LogP contribution < -0.4 is 15.1 Å². The first-order valence-electron chi connectivity index (χ1n) is 10.6. The van der Waals surface area contributed by atoms with E-state index < -0.39 is 0 Å². The predicted octanol–water partition coefficient (Wildman–Crippen LogP) is 4.62. The summed E-state index contributed by atoms with van der Waals surface area (Å²) in [6.07, 6.45) is 5.01. The van der Waals surface area contributed by atoms with Crippen LogP contribution >= 0.6 is 0 Å². The van der Waals surface area contributed by atoms with Gasteiger partial charge in [-0.3, -0.25) is 9.59 Å². The molecular formula is C24H31N3O2. The topological polar surface area (TPSA) is 52.7 Å². The van der Waals surface area contributed by atoms with Gasteiger partial charge in [-0.25, -0.2) is 0 Å². The van der Waals surface area contributed by atoms with Crippen LogP contribution in [0.3, 0.4) is 0 Å². The lowest BCUT2D eigenvalue weighted by molar-refractivity contribution is -0.117. The van der Waals surface area contributed by atoms with Crippen LogP contribution in [0.1, 0.15) is 45.1 Å². The van der Waals surface area contributed by atoms with Gasteiger partial charge in [0.25, 0.3) is 0 Å². The highest BCUT2D eigenvalue weighted by Crippen LogP contribution is 2.22. The molecule has 0 radical (unpaired) electrons.